The zero-order valence-electron chi connectivity index (χ0n) is 14.4. The van der Waals surface area contributed by atoms with Crippen molar-refractivity contribution in [1.82, 2.24) is 14.3 Å². The molecule has 0 bridgehead atoms. The second kappa shape index (κ2) is 6.85. The van der Waals surface area contributed by atoms with Crippen LogP contribution in [0.5, 0.6) is 0 Å². The van der Waals surface area contributed by atoms with Gasteiger partial charge in [0.05, 0.1) is 18.2 Å². The van der Waals surface area contributed by atoms with Gasteiger partial charge < -0.3 is 9.64 Å². The van der Waals surface area contributed by atoms with Crippen LogP contribution in [-0.4, -0.2) is 67.7 Å². The first-order valence-corrected chi connectivity index (χ1v) is 10.6. The number of fused-ring (bicyclic) bond motifs is 1. The van der Waals surface area contributed by atoms with Crippen LogP contribution in [0.2, 0.25) is 0 Å². The van der Waals surface area contributed by atoms with E-state index in [0.717, 1.165) is 21.6 Å². The van der Waals surface area contributed by atoms with Crippen molar-refractivity contribution >= 4 is 43.4 Å². The fourth-order valence-electron chi connectivity index (χ4n) is 2.92. The summed E-state index contributed by atoms with van der Waals surface area (Å²) in [5, 5.41) is 0.836. The lowest BCUT2D eigenvalue weighted by Gasteiger charge is -2.34. The topological polar surface area (TPSA) is 92.7 Å². The summed E-state index contributed by atoms with van der Waals surface area (Å²) < 4.78 is 29.9. The molecule has 0 unspecified atom stereocenters. The highest BCUT2D eigenvalue weighted by molar-refractivity contribution is 7.88. The smallest absolute Gasteiger partial charge is 0.348 e. The fraction of sp³-hybridized carbons (Fsp3) is 0.533. The molecule has 1 fully saturated rings. The first-order chi connectivity index (χ1) is 11.8. The fourth-order valence-corrected chi connectivity index (χ4v) is 4.78. The number of hydrogen-bond acceptors (Lipinski definition) is 8. The van der Waals surface area contributed by atoms with Crippen molar-refractivity contribution in [3.8, 4) is 0 Å². The van der Waals surface area contributed by atoms with E-state index in [1.807, 2.05) is 11.8 Å². The first kappa shape index (κ1) is 18.0. The normalized spacial score (nSPS) is 16.4. The van der Waals surface area contributed by atoms with Crippen LogP contribution in [0.25, 0.3) is 10.2 Å². The van der Waals surface area contributed by atoms with E-state index >= 15 is 0 Å². The van der Waals surface area contributed by atoms with E-state index in [1.54, 1.807) is 6.92 Å². The Balaban J connectivity index is 1.94. The number of carbonyl (C=O) groups excluding carboxylic acids is 1. The van der Waals surface area contributed by atoms with Gasteiger partial charge in [0, 0.05) is 26.2 Å². The molecule has 1 saturated heterocycles. The number of aromatic nitrogens is 2. The Morgan fingerprint density at radius 3 is 2.56 bits per heavy atom. The Kier molecular flexibility index (Phi) is 4.94. The number of piperazine rings is 1. The quantitative estimate of drug-likeness (QED) is 0.733. The number of rotatable bonds is 4. The maximum Gasteiger partial charge on any atom is 0.348 e. The highest BCUT2D eigenvalue weighted by atomic mass is 32.2. The average Bonchev–Trinajstić information content (AvgIpc) is 2.92. The molecular weight excluding hydrogens is 364 g/mol. The zero-order valence-corrected chi connectivity index (χ0v) is 16.0. The minimum absolute atomic E-state index is 0.318. The lowest BCUT2D eigenvalue weighted by atomic mass is 10.2. The summed E-state index contributed by atoms with van der Waals surface area (Å²) in [6.07, 6.45) is 2.70. The summed E-state index contributed by atoms with van der Waals surface area (Å²) in [4.78, 5) is 24.1. The van der Waals surface area contributed by atoms with Crippen LogP contribution in [-0.2, 0) is 14.8 Å². The molecular formula is C15H20N4O4S2. The van der Waals surface area contributed by atoms with Crippen molar-refractivity contribution in [1.29, 1.82) is 0 Å². The Hall–Kier alpha value is -1.78. The van der Waals surface area contributed by atoms with Gasteiger partial charge in [0.25, 0.3) is 0 Å². The summed E-state index contributed by atoms with van der Waals surface area (Å²) in [6, 6.07) is 0. The van der Waals surface area contributed by atoms with E-state index in [2.05, 4.69) is 9.97 Å². The van der Waals surface area contributed by atoms with Gasteiger partial charge in [-0.3, -0.25) is 0 Å². The SMILES string of the molecule is CCOC(=O)c1sc2ncnc(N3CCN(S(C)(=O)=O)CC3)c2c1C. The molecule has 1 aliphatic heterocycles. The van der Waals surface area contributed by atoms with Gasteiger partial charge >= 0.3 is 5.97 Å². The lowest BCUT2D eigenvalue weighted by molar-refractivity contribution is 0.0531. The number of carbonyl (C=O) groups is 1. The molecule has 0 aromatic carbocycles. The van der Waals surface area contributed by atoms with Gasteiger partial charge in [-0.2, -0.15) is 4.31 Å². The van der Waals surface area contributed by atoms with E-state index in [-0.39, 0.29) is 5.97 Å². The number of aryl methyl sites for hydroxylation is 1. The maximum atomic E-state index is 12.1. The molecule has 0 amide bonds. The molecule has 0 spiro atoms. The standard InChI is InChI=1S/C15H20N4O4S2/c1-4-23-15(20)12-10(2)11-13(16-9-17-14(11)24-12)18-5-7-19(8-6-18)25(3,21)22/h9H,4-8H2,1-3H3. The molecule has 1 aliphatic rings. The van der Waals surface area contributed by atoms with Crippen molar-refractivity contribution in [3.63, 3.8) is 0 Å². The van der Waals surface area contributed by atoms with E-state index in [0.29, 0.717) is 37.7 Å². The van der Waals surface area contributed by atoms with E-state index in [9.17, 15) is 13.2 Å². The van der Waals surface area contributed by atoms with Crippen LogP contribution in [0.15, 0.2) is 6.33 Å². The second-order valence-electron chi connectivity index (χ2n) is 5.80. The van der Waals surface area contributed by atoms with Gasteiger partial charge in [-0.1, -0.05) is 0 Å². The van der Waals surface area contributed by atoms with Crippen LogP contribution >= 0.6 is 11.3 Å². The predicted molar refractivity (Wildman–Crippen MR) is 96.7 cm³/mol. The van der Waals surface area contributed by atoms with Crippen LogP contribution < -0.4 is 4.90 Å². The van der Waals surface area contributed by atoms with Crippen molar-refractivity contribution < 1.29 is 17.9 Å². The third kappa shape index (κ3) is 3.46. The number of anilines is 1. The highest BCUT2D eigenvalue weighted by Gasteiger charge is 2.27. The number of nitrogens with zero attached hydrogens (tertiary/aromatic N) is 4. The Morgan fingerprint density at radius 1 is 1.28 bits per heavy atom. The molecule has 0 N–H and O–H groups in total. The number of hydrogen-bond donors (Lipinski definition) is 0. The van der Waals surface area contributed by atoms with Crippen LogP contribution in [0.3, 0.4) is 0 Å². The third-order valence-corrected chi connectivity index (χ3v) is 6.66. The van der Waals surface area contributed by atoms with E-state index in [1.165, 1.54) is 28.2 Å². The monoisotopic (exact) mass is 384 g/mol. The van der Waals surface area contributed by atoms with Crippen LogP contribution in [0, 0.1) is 6.92 Å². The molecule has 3 rings (SSSR count). The molecule has 0 aliphatic carbocycles. The summed E-state index contributed by atoms with van der Waals surface area (Å²) in [5.41, 5.74) is 0.805. The number of thiophene rings is 1. The molecule has 10 heteroatoms. The number of esters is 1. The van der Waals surface area contributed by atoms with E-state index < -0.39 is 10.0 Å². The van der Waals surface area contributed by atoms with Crippen molar-refractivity contribution in [2.24, 2.45) is 0 Å². The van der Waals surface area contributed by atoms with Gasteiger partial charge in [0.15, 0.2) is 0 Å². The van der Waals surface area contributed by atoms with Crippen molar-refractivity contribution in [3.05, 3.63) is 16.8 Å². The third-order valence-electron chi connectivity index (χ3n) is 4.17. The second-order valence-corrected chi connectivity index (χ2v) is 8.78. The van der Waals surface area contributed by atoms with Crippen LogP contribution in [0.4, 0.5) is 5.82 Å². The maximum absolute atomic E-state index is 12.1. The molecule has 136 valence electrons. The molecule has 2 aromatic rings. The molecule has 25 heavy (non-hydrogen) atoms. The van der Waals surface area contributed by atoms with Gasteiger partial charge in [-0.05, 0) is 19.4 Å². The molecule has 0 radical (unpaired) electrons. The largest absolute Gasteiger partial charge is 0.462 e. The predicted octanol–water partition coefficient (Wildman–Crippen LogP) is 1.26. The number of ether oxygens (including phenoxy) is 1. The van der Waals surface area contributed by atoms with Crippen molar-refractivity contribution in [2.45, 2.75) is 13.8 Å². The lowest BCUT2D eigenvalue weighted by Crippen LogP contribution is -2.48. The molecule has 8 nitrogen and oxygen atoms in total. The van der Waals surface area contributed by atoms with Gasteiger partial charge in [-0.15, -0.1) is 11.3 Å². The summed E-state index contributed by atoms with van der Waals surface area (Å²) in [7, 11) is -3.18. The Bertz CT molecular complexity index is 902. The highest BCUT2D eigenvalue weighted by Crippen LogP contribution is 2.35. The van der Waals surface area contributed by atoms with Crippen LogP contribution in [0.1, 0.15) is 22.2 Å². The molecule has 0 atom stereocenters. The van der Waals surface area contributed by atoms with Gasteiger partial charge in [0.2, 0.25) is 10.0 Å². The van der Waals surface area contributed by atoms with Gasteiger partial charge in [0.1, 0.15) is 21.9 Å². The minimum Gasteiger partial charge on any atom is -0.462 e. The van der Waals surface area contributed by atoms with Gasteiger partial charge in [-0.25, -0.2) is 23.2 Å². The van der Waals surface area contributed by atoms with Crippen molar-refractivity contribution in [2.75, 3.05) is 43.9 Å². The first-order valence-electron chi connectivity index (χ1n) is 7.94. The molecule has 2 aromatic heterocycles. The molecule has 0 saturated carbocycles. The summed E-state index contributed by atoms with van der Waals surface area (Å²) in [6.45, 7) is 5.87. The molecule has 3 heterocycles. The average molecular weight is 384 g/mol. The number of sulfonamides is 1. The summed E-state index contributed by atoms with van der Waals surface area (Å²) >= 11 is 1.30. The van der Waals surface area contributed by atoms with E-state index in [4.69, 9.17) is 4.74 Å². The zero-order chi connectivity index (χ0) is 18.2. The Labute approximate surface area is 150 Å². The Morgan fingerprint density at radius 2 is 1.96 bits per heavy atom. The summed E-state index contributed by atoms with van der Waals surface area (Å²) in [5.74, 6) is 0.387. The minimum atomic E-state index is -3.18.